The van der Waals surface area contributed by atoms with Gasteiger partial charge in [0, 0.05) is 19.0 Å². The van der Waals surface area contributed by atoms with Gasteiger partial charge in [-0.3, -0.25) is 9.89 Å². The number of carbonyl (C=O) groups is 1. The average molecular weight is 284 g/mol. The van der Waals surface area contributed by atoms with Gasteiger partial charge in [-0.2, -0.15) is 5.10 Å². The summed E-state index contributed by atoms with van der Waals surface area (Å²) in [6, 6.07) is 6.58. The molecule has 5 heteroatoms. The van der Waals surface area contributed by atoms with Crippen LogP contribution in [0.25, 0.3) is 0 Å². The Hall–Kier alpha value is -2.17. The number of nitrogens with one attached hydrogen (secondary N) is 1. The number of amides is 1. The van der Waals surface area contributed by atoms with E-state index in [0.29, 0.717) is 18.2 Å². The zero-order valence-corrected chi connectivity index (χ0v) is 12.5. The lowest BCUT2D eigenvalue weighted by Gasteiger charge is -2.17. The number of hydrogen-bond acceptors (Lipinski definition) is 3. The van der Waals surface area contributed by atoms with E-state index in [9.17, 15) is 4.79 Å². The van der Waals surface area contributed by atoms with Crippen molar-refractivity contribution < 1.29 is 4.79 Å². The van der Waals surface area contributed by atoms with Gasteiger partial charge in [-0.05, 0) is 31.4 Å². The second kappa shape index (κ2) is 5.68. The van der Waals surface area contributed by atoms with Crippen molar-refractivity contribution in [3.8, 4) is 0 Å². The van der Waals surface area contributed by atoms with Crippen LogP contribution in [0, 0.1) is 13.8 Å². The smallest absolute Gasteiger partial charge is 0.230 e. The van der Waals surface area contributed by atoms with Gasteiger partial charge < -0.3 is 4.90 Å². The lowest BCUT2D eigenvalue weighted by atomic mass is 9.93. The summed E-state index contributed by atoms with van der Waals surface area (Å²) < 4.78 is 0. The molecule has 1 aliphatic rings. The molecule has 1 aromatic carbocycles. The highest BCUT2D eigenvalue weighted by Crippen LogP contribution is 2.30. The second-order valence-electron chi connectivity index (χ2n) is 5.79. The maximum absolute atomic E-state index is 12.3. The average Bonchev–Trinajstić information content (AvgIpc) is 3.09. The fraction of sp³-hybridized carbons (Fsp3) is 0.438. The topological polar surface area (TPSA) is 61.9 Å². The molecule has 1 atom stereocenters. The normalized spacial score (nSPS) is 18.2. The molecule has 0 radical (unpaired) electrons. The third-order valence-electron chi connectivity index (χ3n) is 4.19. The Morgan fingerprint density at radius 1 is 1.43 bits per heavy atom. The quantitative estimate of drug-likeness (QED) is 0.937. The van der Waals surface area contributed by atoms with Gasteiger partial charge in [-0.15, -0.1) is 0 Å². The number of carbonyl (C=O) groups excluding carboxylic acids is 1. The van der Waals surface area contributed by atoms with Gasteiger partial charge in [0.15, 0.2) is 0 Å². The van der Waals surface area contributed by atoms with E-state index in [4.69, 9.17) is 0 Å². The van der Waals surface area contributed by atoms with E-state index in [1.807, 2.05) is 4.90 Å². The predicted octanol–water partition coefficient (Wildman–Crippen LogP) is 1.98. The first-order valence-corrected chi connectivity index (χ1v) is 7.32. The van der Waals surface area contributed by atoms with Gasteiger partial charge >= 0.3 is 0 Å². The second-order valence-corrected chi connectivity index (χ2v) is 5.79. The molecule has 1 aromatic heterocycles. The number of aryl methyl sites for hydroxylation is 2. The molecule has 0 bridgehead atoms. The summed E-state index contributed by atoms with van der Waals surface area (Å²) in [5.74, 6) is 1.21. The first kappa shape index (κ1) is 13.8. The van der Waals surface area contributed by atoms with Crippen LogP contribution in [0.15, 0.2) is 24.5 Å². The zero-order chi connectivity index (χ0) is 14.8. The number of hydrogen-bond donors (Lipinski definition) is 1. The molecule has 1 aliphatic heterocycles. The molecule has 2 aromatic rings. The predicted molar refractivity (Wildman–Crippen MR) is 79.9 cm³/mol. The Labute approximate surface area is 124 Å². The minimum Gasteiger partial charge on any atom is -0.342 e. The SMILES string of the molecule is Cc1ccc(C2CCN(C(=O)Cc3ncn[nH]3)C2)c(C)c1. The van der Waals surface area contributed by atoms with Gasteiger partial charge in [0.2, 0.25) is 5.91 Å². The Kier molecular flexibility index (Phi) is 3.73. The molecule has 3 rings (SSSR count). The number of rotatable bonds is 3. The van der Waals surface area contributed by atoms with Crippen molar-refractivity contribution in [3.63, 3.8) is 0 Å². The molecule has 0 aliphatic carbocycles. The van der Waals surface area contributed by atoms with Gasteiger partial charge in [0.25, 0.3) is 0 Å². The van der Waals surface area contributed by atoms with E-state index < -0.39 is 0 Å². The zero-order valence-electron chi connectivity index (χ0n) is 12.5. The molecule has 110 valence electrons. The summed E-state index contributed by atoms with van der Waals surface area (Å²) in [4.78, 5) is 18.2. The van der Waals surface area contributed by atoms with Crippen molar-refractivity contribution in [2.75, 3.05) is 13.1 Å². The molecule has 0 saturated carbocycles. The molecular formula is C16H20N4O. The van der Waals surface area contributed by atoms with Crippen LogP contribution in [-0.2, 0) is 11.2 Å². The third kappa shape index (κ3) is 2.96. The lowest BCUT2D eigenvalue weighted by molar-refractivity contribution is -0.129. The Morgan fingerprint density at radius 2 is 2.29 bits per heavy atom. The summed E-state index contributed by atoms with van der Waals surface area (Å²) in [5, 5.41) is 6.52. The number of likely N-dealkylation sites (tertiary alicyclic amines) is 1. The van der Waals surface area contributed by atoms with Gasteiger partial charge in [-0.1, -0.05) is 23.8 Å². The van der Waals surface area contributed by atoms with Gasteiger partial charge in [-0.25, -0.2) is 4.98 Å². The molecule has 21 heavy (non-hydrogen) atoms. The molecule has 1 fully saturated rings. The van der Waals surface area contributed by atoms with Crippen molar-refractivity contribution in [3.05, 3.63) is 47.0 Å². The van der Waals surface area contributed by atoms with Crippen molar-refractivity contribution in [2.24, 2.45) is 0 Å². The van der Waals surface area contributed by atoms with Crippen molar-refractivity contribution >= 4 is 5.91 Å². The molecule has 0 spiro atoms. The number of H-pyrrole nitrogens is 1. The van der Waals surface area contributed by atoms with Crippen molar-refractivity contribution in [1.29, 1.82) is 0 Å². The van der Waals surface area contributed by atoms with Gasteiger partial charge in [0.1, 0.15) is 12.2 Å². The molecule has 5 nitrogen and oxygen atoms in total. The third-order valence-corrected chi connectivity index (χ3v) is 4.19. The highest BCUT2D eigenvalue weighted by Gasteiger charge is 2.28. The van der Waals surface area contributed by atoms with Crippen molar-refractivity contribution in [1.82, 2.24) is 20.1 Å². The number of nitrogens with zero attached hydrogens (tertiary/aromatic N) is 3. The number of aromatic nitrogens is 3. The fourth-order valence-corrected chi connectivity index (χ4v) is 3.10. The Balaban J connectivity index is 1.66. The molecule has 1 unspecified atom stereocenters. The van der Waals surface area contributed by atoms with E-state index in [-0.39, 0.29) is 5.91 Å². The fourth-order valence-electron chi connectivity index (χ4n) is 3.10. The van der Waals surface area contributed by atoms with Crippen molar-refractivity contribution in [2.45, 2.75) is 32.6 Å². The standard InChI is InChI=1S/C16H20N4O/c1-11-3-4-14(12(2)7-11)13-5-6-20(9-13)16(21)8-15-17-10-18-19-15/h3-4,7,10,13H,5-6,8-9H2,1-2H3,(H,17,18,19). The van der Waals surface area contributed by atoms with Crippen LogP contribution in [-0.4, -0.2) is 39.1 Å². The maximum Gasteiger partial charge on any atom is 0.230 e. The van der Waals surface area contributed by atoms with Crippen LogP contribution >= 0.6 is 0 Å². The highest BCUT2D eigenvalue weighted by atomic mass is 16.2. The monoisotopic (exact) mass is 284 g/mol. The van der Waals surface area contributed by atoms with Crippen LogP contribution in [0.2, 0.25) is 0 Å². The van der Waals surface area contributed by atoms with Crippen LogP contribution in [0.4, 0.5) is 0 Å². The first-order chi connectivity index (χ1) is 10.1. The van der Waals surface area contributed by atoms with E-state index in [2.05, 4.69) is 47.2 Å². The minimum atomic E-state index is 0.124. The van der Waals surface area contributed by atoms with Gasteiger partial charge in [0.05, 0.1) is 6.42 Å². The summed E-state index contributed by atoms with van der Waals surface area (Å²) >= 11 is 0. The molecule has 1 N–H and O–H groups in total. The van der Waals surface area contributed by atoms with Crippen LogP contribution in [0.3, 0.4) is 0 Å². The molecule has 2 heterocycles. The van der Waals surface area contributed by atoms with Crippen LogP contribution < -0.4 is 0 Å². The largest absolute Gasteiger partial charge is 0.342 e. The summed E-state index contributed by atoms with van der Waals surface area (Å²) in [6.45, 7) is 5.89. The molecule has 1 amide bonds. The van der Waals surface area contributed by atoms with E-state index in [1.54, 1.807) is 0 Å². The van der Waals surface area contributed by atoms with E-state index in [1.165, 1.54) is 23.0 Å². The number of benzene rings is 1. The summed E-state index contributed by atoms with van der Waals surface area (Å²) in [6.07, 6.45) is 2.77. The summed E-state index contributed by atoms with van der Waals surface area (Å²) in [7, 11) is 0. The highest BCUT2D eigenvalue weighted by molar-refractivity contribution is 5.78. The Morgan fingerprint density at radius 3 is 3.00 bits per heavy atom. The van der Waals surface area contributed by atoms with Crippen LogP contribution in [0.5, 0.6) is 0 Å². The van der Waals surface area contributed by atoms with E-state index >= 15 is 0 Å². The minimum absolute atomic E-state index is 0.124. The summed E-state index contributed by atoms with van der Waals surface area (Å²) in [5.41, 5.74) is 3.98. The Bertz CT molecular complexity index is 636. The molecular weight excluding hydrogens is 264 g/mol. The number of aromatic amines is 1. The first-order valence-electron chi connectivity index (χ1n) is 7.32. The lowest BCUT2D eigenvalue weighted by Crippen LogP contribution is -2.30. The van der Waals surface area contributed by atoms with E-state index in [0.717, 1.165) is 19.5 Å². The maximum atomic E-state index is 12.3. The van der Waals surface area contributed by atoms with Crippen LogP contribution in [0.1, 0.15) is 34.9 Å². The molecule has 1 saturated heterocycles.